The van der Waals surface area contributed by atoms with Crippen molar-refractivity contribution >= 4 is 5.97 Å². The number of ether oxygens (including phenoxy) is 1. The fourth-order valence-electron chi connectivity index (χ4n) is 5.03. The van der Waals surface area contributed by atoms with E-state index >= 15 is 0 Å². The lowest BCUT2D eigenvalue weighted by Crippen LogP contribution is -2.29. The van der Waals surface area contributed by atoms with Crippen molar-refractivity contribution in [3.63, 3.8) is 0 Å². The molecule has 0 atom stereocenters. The highest BCUT2D eigenvalue weighted by Gasteiger charge is 2.31. The van der Waals surface area contributed by atoms with Gasteiger partial charge in [-0.3, -0.25) is 0 Å². The van der Waals surface area contributed by atoms with Gasteiger partial charge in [0.1, 0.15) is 6.10 Å². The van der Waals surface area contributed by atoms with Crippen LogP contribution in [0.1, 0.15) is 70.3 Å². The van der Waals surface area contributed by atoms with Crippen molar-refractivity contribution in [1.82, 2.24) is 0 Å². The minimum Gasteiger partial charge on any atom is -0.459 e. The molecule has 0 aliphatic heterocycles. The first-order valence-corrected chi connectivity index (χ1v) is 10.8. The Hall–Kier alpha value is -1.71. The number of carbonyl (C=O) groups is 1. The molecule has 1 aromatic carbocycles. The van der Waals surface area contributed by atoms with Gasteiger partial charge in [-0.05, 0) is 93.7 Å². The molecule has 0 bridgehead atoms. The van der Waals surface area contributed by atoms with Gasteiger partial charge >= 0.3 is 5.97 Å². The highest BCUT2D eigenvalue weighted by Crippen LogP contribution is 2.41. The second kappa shape index (κ2) is 10.2. The molecule has 0 aromatic heterocycles. The van der Waals surface area contributed by atoms with Gasteiger partial charge in [-0.15, -0.1) is 0 Å². The molecule has 0 spiro atoms. The maximum absolute atomic E-state index is 13.3. The molecule has 0 heterocycles. The van der Waals surface area contributed by atoms with Crippen LogP contribution in [0.2, 0.25) is 0 Å². The summed E-state index contributed by atoms with van der Waals surface area (Å²) in [6, 6.07) is 4.27. The smallest absolute Gasteiger partial charge is 0.330 e. The van der Waals surface area contributed by atoms with E-state index in [0.717, 1.165) is 55.9 Å². The Morgan fingerprint density at radius 1 is 1.00 bits per heavy atom. The molecule has 2 aliphatic carbocycles. The van der Waals surface area contributed by atoms with Crippen LogP contribution in [0.5, 0.6) is 0 Å². The SMILES string of the molecule is CC=CC(=O)OC1CCC(C2CCC(CCc3ccc(F)c(F)c3)CC2)CC1. The molecule has 3 rings (SSSR count). The second-order valence-electron chi connectivity index (χ2n) is 8.54. The van der Waals surface area contributed by atoms with Crippen molar-refractivity contribution in [2.75, 3.05) is 0 Å². The highest BCUT2D eigenvalue weighted by atomic mass is 19.2. The lowest BCUT2D eigenvalue weighted by molar-refractivity contribution is -0.145. The normalized spacial score (nSPS) is 28.4. The molecular weight excluding hydrogens is 358 g/mol. The Bertz CT molecular complexity index is 669. The van der Waals surface area contributed by atoms with Gasteiger partial charge in [-0.1, -0.05) is 25.0 Å². The molecule has 2 aliphatic rings. The molecule has 0 saturated heterocycles. The number of aryl methyl sites for hydroxylation is 1. The van der Waals surface area contributed by atoms with Crippen LogP contribution in [0.3, 0.4) is 0 Å². The predicted octanol–water partition coefficient (Wildman–Crippen LogP) is 6.38. The summed E-state index contributed by atoms with van der Waals surface area (Å²) in [7, 11) is 0. The maximum atomic E-state index is 13.3. The fourth-order valence-corrected chi connectivity index (χ4v) is 5.03. The molecule has 1 aromatic rings. The molecule has 2 fully saturated rings. The van der Waals surface area contributed by atoms with E-state index in [1.165, 1.54) is 43.9 Å². The monoisotopic (exact) mass is 390 g/mol. The van der Waals surface area contributed by atoms with Gasteiger partial charge in [-0.25, -0.2) is 13.6 Å². The Balaban J connectivity index is 1.36. The number of benzene rings is 1. The first kappa shape index (κ1) is 21.0. The zero-order valence-electron chi connectivity index (χ0n) is 16.8. The van der Waals surface area contributed by atoms with E-state index in [0.29, 0.717) is 5.92 Å². The molecule has 4 heteroatoms. The number of hydrogen-bond donors (Lipinski definition) is 0. The van der Waals surface area contributed by atoms with Crippen LogP contribution in [-0.2, 0) is 16.0 Å². The number of hydrogen-bond acceptors (Lipinski definition) is 2. The molecular formula is C24H32F2O2. The Morgan fingerprint density at radius 3 is 2.25 bits per heavy atom. The van der Waals surface area contributed by atoms with E-state index in [1.807, 2.05) is 6.92 Å². The Kier molecular flexibility index (Phi) is 7.64. The lowest BCUT2D eigenvalue weighted by Gasteiger charge is -2.37. The number of allylic oxidation sites excluding steroid dienone is 1. The summed E-state index contributed by atoms with van der Waals surface area (Å²) in [6.45, 7) is 1.83. The van der Waals surface area contributed by atoms with Crippen LogP contribution in [0, 0.1) is 29.4 Å². The first-order chi connectivity index (χ1) is 13.5. The van der Waals surface area contributed by atoms with Gasteiger partial charge in [0.2, 0.25) is 0 Å². The molecule has 0 radical (unpaired) electrons. The maximum Gasteiger partial charge on any atom is 0.330 e. The summed E-state index contributed by atoms with van der Waals surface area (Å²) >= 11 is 0. The van der Waals surface area contributed by atoms with Crippen molar-refractivity contribution < 1.29 is 18.3 Å². The summed E-state index contributed by atoms with van der Waals surface area (Å²) in [6.07, 6.45) is 14.5. The van der Waals surface area contributed by atoms with Crippen LogP contribution in [0.25, 0.3) is 0 Å². The Morgan fingerprint density at radius 2 is 1.64 bits per heavy atom. The van der Waals surface area contributed by atoms with Crippen molar-refractivity contribution in [3.05, 3.63) is 47.5 Å². The molecule has 2 nitrogen and oxygen atoms in total. The van der Waals surface area contributed by atoms with Crippen LogP contribution in [-0.4, -0.2) is 12.1 Å². The zero-order valence-corrected chi connectivity index (χ0v) is 16.8. The Labute approximate surface area is 167 Å². The van der Waals surface area contributed by atoms with Gasteiger partial charge < -0.3 is 4.74 Å². The van der Waals surface area contributed by atoms with Crippen molar-refractivity contribution in [3.8, 4) is 0 Å². The van der Waals surface area contributed by atoms with E-state index in [-0.39, 0.29) is 12.1 Å². The van der Waals surface area contributed by atoms with E-state index < -0.39 is 11.6 Å². The van der Waals surface area contributed by atoms with Crippen LogP contribution < -0.4 is 0 Å². The minimum atomic E-state index is -0.768. The van der Waals surface area contributed by atoms with Crippen LogP contribution in [0.4, 0.5) is 8.78 Å². The van der Waals surface area contributed by atoms with E-state index in [1.54, 1.807) is 12.1 Å². The van der Waals surface area contributed by atoms with Crippen LogP contribution in [0.15, 0.2) is 30.4 Å². The quantitative estimate of drug-likeness (QED) is 0.416. The predicted molar refractivity (Wildman–Crippen MR) is 107 cm³/mol. The third-order valence-electron chi connectivity index (χ3n) is 6.69. The molecule has 0 amide bonds. The summed E-state index contributed by atoms with van der Waals surface area (Å²) in [5.41, 5.74) is 0.895. The standard InChI is InChI=1S/C24H32F2O2/c1-2-3-24(27)28-21-13-11-20(12-14-21)19-9-6-17(7-10-19)4-5-18-8-15-22(25)23(26)16-18/h2-3,8,15-17,19-21H,4-7,9-14H2,1H3. The minimum absolute atomic E-state index is 0.0902. The van der Waals surface area contributed by atoms with Gasteiger partial charge in [0.15, 0.2) is 11.6 Å². The highest BCUT2D eigenvalue weighted by molar-refractivity contribution is 5.81. The fraction of sp³-hybridized carbons (Fsp3) is 0.625. The molecule has 2 saturated carbocycles. The van der Waals surface area contributed by atoms with Crippen molar-refractivity contribution in [2.45, 2.75) is 77.2 Å². The third kappa shape index (κ3) is 5.89. The number of carbonyl (C=O) groups excluding carboxylic acids is 1. The van der Waals surface area contributed by atoms with Gasteiger partial charge in [-0.2, -0.15) is 0 Å². The number of esters is 1. The lowest BCUT2D eigenvalue weighted by atomic mass is 9.70. The van der Waals surface area contributed by atoms with Gasteiger partial charge in [0.05, 0.1) is 0 Å². The van der Waals surface area contributed by atoms with Gasteiger partial charge in [0.25, 0.3) is 0 Å². The van der Waals surface area contributed by atoms with E-state index in [4.69, 9.17) is 4.74 Å². The largest absolute Gasteiger partial charge is 0.459 e. The van der Waals surface area contributed by atoms with Gasteiger partial charge in [0, 0.05) is 6.08 Å². The van der Waals surface area contributed by atoms with Crippen LogP contribution >= 0.6 is 0 Å². The molecule has 28 heavy (non-hydrogen) atoms. The average molecular weight is 391 g/mol. The number of rotatable bonds is 6. The average Bonchev–Trinajstić information content (AvgIpc) is 2.70. The van der Waals surface area contributed by atoms with Crippen molar-refractivity contribution in [2.24, 2.45) is 17.8 Å². The van der Waals surface area contributed by atoms with Crippen molar-refractivity contribution in [1.29, 1.82) is 0 Å². The number of halogens is 2. The summed E-state index contributed by atoms with van der Waals surface area (Å²) in [5, 5.41) is 0. The summed E-state index contributed by atoms with van der Waals surface area (Å²) < 4.78 is 31.9. The topological polar surface area (TPSA) is 26.3 Å². The second-order valence-corrected chi connectivity index (χ2v) is 8.54. The summed E-state index contributed by atoms with van der Waals surface area (Å²) in [5.74, 6) is 0.536. The molecule has 154 valence electrons. The third-order valence-corrected chi connectivity index (χ3v) is 6.69. The molecule has 0 N–H and O–H groups in total. The van der Waals surface area contributed by atoms with E-state index in [2.05, 4.69) is 0 Å². The zero-order chi connectivity index (χ0) is 19.9. The first-order valence-electron chi connectivity index (χ1n) is 10.8. The van der Waals surface area contributed by atoms with E-state index in [9.17, 15) is 13.6 Å². The molecule has 0 unspecified atom stereocenters. The summed E-state index contributed by atoms with van der Waals surface area (Å²) in [4.78, 5) is 11.6.